The Labute approximate surface area is 165 Å². The third-order valence-electron chi connectivity index (χ3n) is 3.85. The molecule has 1 N–H and O–H groups in total. The van der Waals surface area contributed by atoms with Gasteiger partial charge < -0.3 is 4.98 Å². The third-order valence-corrected chi connectivity index (χ3v) is 5.92. The molecule has 0 aliphatic carbocycles. The maximum absolute atomic E-state index is 12.6. The minimum absolute atomic E-state index is 0.00378. The number of H-pyrrole nitrogens is 1. The summed E-state index contributed by atoms with van der Waals surface area (Å²) in [5.74, 6) is 0.257. The van der Waals surface area contributed by atoms with E-state index in [1.54, 1.807) is 29.5 Å². The van der Waals surface area contributed by atoms with Gasteiger partial charge in [-0.1, -0.05) is 17.7 Å². The summed E-state index contributed by atoms with van der Waals surface area (Å²) in [7, 11) is 0. The van der Waals surface area contributed by atoms with E-state index in [2.05, 4.69) is 9.97 Å². The van der Waals surface area contributed by atoms with Crippen LogP contribution in [0.3, 0.4) is 0 Å². The van der Waals surface area contributed by atoms with Crippen molar-refractivity contribution >= 4 is 61.3 Å². The van der Waals surface area contributed by atoms with Gasteiger partial charge in [-0.25, -0.2) is 4.98 Å². The molecule has 1 aromatic carbocycles. The van der Waals surface area contributed by atoms with E-state index in [0.717, 1.165) is 10.4 Å². The first-order valence-electron chi connectivity index (χ1n) is 7.70. The highest BCUT2D eigenvalue weighted by molar-refractivity contribution is 7.18. The van der Waals surface area contributed by atoms with Crippen molar-refractivity contribution < 1.29 is 4.92 Å². The summed E-state index contributed by atoms with van der Waals surface area (Å²) < 4.78 is 0. The van der Waals surface area contributed by atoms with Gasteiger partial charge in [-0.3, -0.25) is 14.9 Å². The lowest BCUT2D eigenvalue weighted by Gasteiger charge is -2.01. The third kappa shape index (κ3) is 3.42. The van der Waals surface area contributed by atoms with Crippen LogP contribution in [0.25, 0.3) is 31.8 Å². The molecule has 0 spiro atoms. The number of halogens is 1. The fourth-order valence-electron chi connectivity index (χ4n) is 2.58. The molecule has 3 aromatic heterocycles. The summed E-state index contributed by atoms with van der Waals surface area (Å²) in [6.07, 6.45) is 1.60. The molecule has 4 aromatic rings. The summed E-state index contributed by atoms with van der Waals surface area (Å²) in [5.41, 5.74) is 1.27. The number of non-ortho nitro benzene ring substituents is 1. The zero-order valence-electron chi connectivity index (χ0n) is 13.5. The fourth-order valence-corrected chi connectivity index (χ4v) is 4.56. The second-order valence-corrected chi connectivity index (χ2v) is 7.78. The Bertz CT molecular complexity index is 1230. The zero-order chi connectivity index (χ0) is 19.0. The summed E-state index contributed by atoms with van der Waals surface area (Å²) in [4.78, 5) is 31.7. The van der Waals surface area contributed by atoms with E-state index in [1.807, 2.05) is 22.9 Å². The van der Waals surface area contributed by atoms with Gasteiger partial charge in [-0.05, 0) is 35.2 Å². The molecule has 9 heteroatoms. The van der Waals surface area contributed by atoms with Crippen LogP contribution in [0.4, 0.5) is 5.69 Å². The van der Waals surface area contributed by atoms with Gasteiger partial charge >= 0.3 is 0 Å². The Hall–Kier alpha value is -2.81. The van der Waals surface area contributed by atoms with Crippen LogP contribution in [-0.2, 0) is 0 Å². The Balaban J connectivity index is 1.73. The van der Waals surface area contributed by atoms with Gasteiger partial charge in [0.2, 0.25) is 0 Å². The number of rotatable bonds is 4. The second-order valence-electron chi connectivity index (χ2n) is 5.56. The smallest absolute Gasteiger partial charge is 0.269 e. The number of benzene rings is 1. The molecular weight excluding hydrogens is 406 g/mol. The van der Waals surface area contributed by atoms with Gasteiger partial charge in [0.25, 0.3) is 11.2 Å². The fraction of sp³-hybridized carbons (Fsp3) is 0. The maximum Gasteiger partial charge on any atom is 0.269 e. The largest absolute Gasteiger partial charge is 0.305 e. The molecule has 0 saturated carbocycles. The maximum atomic E-state index is 12.6. The predicted octanol–water partition coefficient (Wildman–Crippen LogP) is 5.36. The lowest BCUT2D eigenvalue weighted by molar-refractivity contribution is -0.384. The summed E-state index contributed by atoms with van der Waals surface area (Å²) in [5, 5.41) is 15.4. The van der Waals surface area contributed by atoms with Crippen molar-refractivity contribution in [3.63, 3.8) is 0 Å². The van der Waals surface area contributed by atoms with Crippen LogP contribution < -0.4 is 5.56 Å². The van der Waals surface area contributed by atoms with Crippen molar-refractivity contribution in [1.82, 2.24) is 9.97 Å². The summed E-state index contributed by atoms with van der Waals surface area (Å²) in [6, 6.07) is 9.84. The number of hydrogen-bond donors (Lipinski definition) is 1. The number of nitrogens with zero attached hydrogens (tertiary/aromatic N) is 2. The molecule has 0 radical (unpaired) electrons. The molecule has 27 heavy (non-hydrogen) atoms. The highest BCUT2D eigenvalue weighted by Gasteiger charge is 2.14. The number of hydrogen-bond acceptors (Lipinski definition) is 6. The van der Waals surface area contributed by atoms with Crippen molar-refractivity contribution in [2.45, 2.75) is 0 Å². The van der Waals surface area contributed by atoms with E-state index >= 15 is 0 Å². The van der Waals surface area contributed by atoms with E-state index in [4.69, 9.17) is 11.6 Å². The van der Waals surface area contributed by atoms with Crippen LogP contribution in [0, 0.1) is 10.1 Å². The quantitative estimate of drug-likeness (QED) is 0.359. The first-order valence-corrected chi connectivity index (χ1v) is 9.84. The molecule has 0 aliphatic heterocycles. The molecule has 3 heterocycles. The molecule has 0 amide bonds. The van der Waals surface area contributed by atoms with Gasteiger partial charge in [0.1, 0.15) is 4.83 Å². The molecule has 0 atom stereocenters. The lowest BCUT2D eigenvalue weighted by Crippen LogP contribution is -2.10. The van der Waals surface area contributed by atoms with Crippen molar-refractivity contribution in [2.24, 2.45) is 0 Å². The van der Waals surface area contributed by atoms with E-state index in [-0.39, 0.29) is 22.1 Å². The number of fused-ring (bicyclic) bond motifs is 1. The zero-order valence-corrected chi connectivity index (χ0v) is 15.9. The molecular formula is C18H10ClN3O3S2. The van der Waals surface area contributed by atoms with Crippen molar-refractivity contribution in [2.75, 3.05) is 0 Å². The van der Waals surface area contributed by atoms with E-state index in [1.165, 1.54) is 23.5 Å². The van der Waals surface area contributed by atoms with E-state index in [9.17, 15) is 14.9 Å². The number of nitrogens with one attached hydrogen (secondary N) is 1. The molecule has 0 saturated heterocycles. The van der Waals surface area contributed by atoms with Gasteiger partial charge in [0, 0.05) is 28.0 Å². The van der Waals surface area contributed by atoms with E-state index in [0.29, 0.717) is 15.8 Å². The molecule has 4 rings (SSSR count). The van der Waals surface area contributed by atoms with Crippen LogP contribution in [0.5, 0.6) is 0 Å². The minimum Gasteiger partial charge on any atom is -0.305 e. The number of aromatic amines is 1. The number of aromatic nitrogens is 2. The number of thiophene rings is 2. The highest BCUT2D eigenvalue weighted by Crippen LogP contribution is 2.34. The van der Waals surface area contributed by atoms with Crippen LogP contribution in [0.2, 0.25) is 0 Å². The molecule has 0 aliphatic rings. The van der Waals surface area contributed by atoms with Gasteiger partial charge in [0.15, 0.2) is 5.82 Å². The Morgan fingerprint density at radius 2 is 2.00 bits per heavy atom. The van der Waals surface area contributed by atoms with Crippen LogP contribution in [0.15, 0.2) is 52.0 Å². The van der Waals surface area contributed by atoms with Crippen LogP contribution >= 0.6 is 34.3 Å². The monoisotopic (exact) mass is 415 g/mol. The molecule has 0 unspecified atom stereocenters. The highest BCUT2D eigenvalue weighted by atomic mass is 35.5. The standard InChI is InChI=1S/C18H10ClN3O3S2/c19-13(8-10-3-5-11(6-4-10)22(24)25)16-20-17(23)15-12(9-27-18(15)21-16)14-2-1-7-26-14/h1-9H,(H,20,21,23). The first kappa shape index (κ1) is 17.6. The summed E-state index contributed by atoms with van der Waals surface area (Å²) >= 11 is 9.27. The number of nitro groups is 1. The Morgan fingerprint density at radius 1 is 1.22 bits per heavy atom. The Kier molecular flexibility index (Phi) is 4.61. The van der Waals surface area contributed by atoms with Crippen LogP contribution in [0.1, 0.15) is 11.4 Å². The first-order chi connectivity index (χ1) is 13.0. The minimum atomic E-state index is -0.468. The van der Waals surface area contributed by atoms with Gasteiger partial charge in [0.05, 0.1) is 15.3 Å². The summed E-state index contributed by atoms with van der Waals surface area (Å²) in [6.45, 7) is 0. The second kappa shape index (κ2) is 7.07. The van der Waals surface area contributed by atoms with E-state index < -0.39 is 4.92 Å². The van der Waals surface area contributed by atoms with Crippen molar-refractivity contribution in [3.05, 3.63) is 79.0 Å². The van der Waals surface area contributed by atoms with Crippen LogP contribution in [-0.4, -0.2) is 14.9 Å². The lowest BCUT2D eigenvalue weighted by atomic mass is 10.2. The Morgan fingerprint density at radius 3 is 2.67 bits per heavy atom. The SMILES string of the molecule is O=c1[nH]c(C(Cl)=Cc2ccc([N+](=O)[O-])cc2)nc2scc(-c3cccs3)c12. The molecule has 6 nitrogen and oxygen atoms in total. The normalized spacial score (nSPS) is 11.8. The molecule has 0 fully saturated rings. The predicted molar refractivity (Wildman–Crippen MR) is 110 cm³/mol. The van der Waals surface area contributed by atoms with Gasteiger partial charge in [-0.2, -0.15) is 0 Å². The number of nitro benzene ring substituents is 1. The van der Waals surface area contributed by atoms with Crippen molar-refractivity contribution in [1.29, 1.82) is 0 Å². The van der Waals surface area contributed by atoms with Crippen molar-refractivity contribution in [3.8, 4) is 10.4 Å². The van der Waals surface area contributed by atoms with Gasteiger partial charge in [-0.15, -0.1) is 22.7 Å². The topological polar surface area (TPSA) is 88.9 Å². The average Bonchev–Trinajstić information content (AvgIpc) is 3.31. The average molecular weight is 416 g/mol. The molecule has 0 bridgehead atoms. The molecule has 134 valence electrons.